The van der Waals surface area contributed by atoms with E-state index in [9.17, 15) is 28.8 Å². The Morgan fingerprint density at radius 3 is 1.90 bits per heavy atom. The van der Waals surface area contributed by atoms with Crippen LogP contribution in [0.15, 0.2) is 0 Å². The number of likely N-dealkylation sites (N-methyl/N-ethyl adjacent to an activating group) is 1. The average molecular weight is 693 g/mol. The van der Waals surface area contributed by atoms with Crippen LogP contribution in [-0.2, 0) is 24.0 Å². The molecule has 2 rings (SSSR count). The summed E-state index contributed by atoms with van der Waals surface area (Å²) in [6, 6.07) is -3.24. The molecule has 1 saturated heterocycles. The zero-order valence-electron chi connectivity index (χ0n) is 25.9. The standard InChI is InChI=1S/C28H49IN6O6/c1-27(2,3)20(24(39)34(10)16-11-12-16)32-26(41)33-21(28(4,5)6)25(40)35-14-13-17(29(7,8)9)19(35)23(38)31-15-18(36)22(30)37/h16-17,19-21H,7,11-15H2,1-6,8-10H3,(H2,30,37)(H,31,38)(H2,32,33,41)/t17-,19-,20+,21+/m0/s1. The van der Waals surface area contributed by atoms with Gasteiger partial charge in [0.25, 0.3) is 0 Å². The first-order valence-corrected chi connectivity index (χ1v) is 20.9. The molecule has 1 saturated carbocycles. The summed E-state index contributed by atoms with van der Waals surface area (Å²) < 4.78 is 4.18. The number of rotatable bonds is 10. The minimum atomic E-state index is -2.70. The molecule has 4 atom stereocenters. The summed E-state index contributed by atoms with van der Waals surface area (Å²) in [7, 11) is 1.74. The van der Waals surface area contributed by atoms with E-state index in [0.29, 0.717) is 6.42 Å². The zero-order valence-corrected chi connectivity index (χ0v) is 28.1. The first kappa shape index (κ1) is 34.6. The van der Waals surface area contributed by atoms with Crippen LogP contribution >= 0.6 is 18.0 Å². The molecule has 6 amide bonds. The van der Waals surface area contributed by atoms with E-state index in [-0.39, 0.29) is 22.4 Å². The van der Waals surface area contributed by atoms with Crippen molar-refractivity contribution >= 4 is 57.9 Å². The number of ketones is 1. The van der Waals surface area contributed by atoms with Gasteiger partial charge in [0.1, 0.15) is 0 Å². The molecule has 0 radical (unpaired) electrons. The van der Waals surface area contributed by atoms with Crippen molar-refractivity contribution in [3.05, 3.63) is 0 Å². The third kappa shape index (κ3) is 8.95. The number of carbonyl (C=O) groups is 6. The van der Waals surface area contributed by atoms with Gasteiger partial charge in [0.2, 0.25) is 0 Å². The maximum absolute atomic E-state index is 14.1. The molecule has 0 bridgehead atoms. The molecule has 41 heavy (non-hydrogen) atoms. The van der Waals surface area contributed by atoms with Crippen molar-refractivity contribution in [2.24, 2.45) is 16.6 Å². The first-order valence-electron chi connectivity index (χ1n) is 13.8. The SMILES string of the molecule is C=I(C)(C)[C@H]1CCN(C(=O)[C@@H](NC(=O)N[C@H](C(=O)N(C)C2CC2)C(C)(C)C)C(C)(C)C)[C@@H]1C(=O)NCC(=O)C(N)=O. The second-order valence-corrected chi connectivity index (χ2v) is 23.9. The fraction of sp³-hybridized carbons (Fsp3) is 0.750. The van der Waals surface area contributed by atoms with Gasteiger partial charge in [0.15, 0.2) is 0 Å². The third-order valence-electron chi connectivity index (χ3n) is 7.55. The first-order chi connectivity index (χ1) is 18.6. The van der Waals surface area contributed by atoms with Gasteiger partial charge in [-0.25, -0.2) is 0 Å². The molecule has 2 fully saturated rings. The molecule has 1 heterocycles. The van der Waals surface area contributed by atoms with Crippen LogP contribution in [0, 0.1) is 10.8 Å². The van der Waals surface area contributed by atoms with E-state index in [1.807, 2.05) is 30.6 Å². The van der Waals surface area contributed by atoms with Crippen LogP contribution in [0.5, 0.6) is 0 Å². The number of alkyl halides is 3. The number of hydrogen-bond acceptors (Lipinski definition) is 6. The van der Waals surface area contributed by atoms with Crippen molar-refractivity contribution in [3.8, 4) is 0 Å². The number of nitrogens with one attached hydrogen (secondary N) is 3. The van der Waals surface area contributed by atoms with Gasteiger partial charge in [-0.3, -0.25) is 0 Å². The summed E-state index contributed by atoms with van der Waals surface area (Å²) in [5, 5.41) is 8.07. The van der Waals surface area contributed by atoms with Crippen LogP contribution in [0.4, 0.5) is 4.79 Å². The number of primary amides is 1. The van der Waals surface area contributed by atoms with Crippen molar-refractivity contribution in [2.75, 3.05) is 30.0 Å². The van der Waals surface area contributed by atoms with E-state index in [0.717, 1.165) is 12.8 Å². The number of nitrogens with two attached hydrogens (primary N) is 1. The third-order valence-corrected chi connectivity index (χ3v) is 13.2. The molecule has 0 aromatic rings. The molecule has 1 aliphatic heterocycles. The molecule has 12 nitrogen and oxygen atoms in total. The zero-order chi connectivity index (χ0) is 31.7. The van der Waals surface area contributed by atoms with Gasteiger partial charge in [0, 0.05) is 0 Å². The van der Waals surface area contributed by atoms with Crippen LogP contribution in [0.25, 0.3) is 0 Å². The van der Waals surface area contributed by atoms with Gasteiger partial charge < -0.3 is 0 Å². The molecular formula is C28H49IN6O6. The molecule has 1 aliphatic carbocycles. The van der Waals surface area contributed by atoms with Crippen LogP contribution in [-0.4, -0.2) is 108 Å². The fourth-order valence-corrected chi connectivity index (χ4v) is 9.42. The summed E-state index contributed by atoms with van der Waals surface area (Å²) in [5.41, 5.74) is 3.69. The molecular weight excluding hydrogens is 643 g/mol. The summed E-state index contributed by atoms with van der Waals surface area (Å²) >= 11 is -2.70. The molecule has 0 spiro atoms. The van der Waals surface area contributed by atoms with Crippen molar-refractivity contribution < 1.29 is 28.8 Å². The predicted octanol–water partition coefficient (Wildman–Crippen LogP) is 0.610. The van der Waals surface area contributed by atoms with E-state index in [1.165, 1.54) is 4.90 Å². The number of Topliss-reactive ketones (excluding diaryl/α,β-unsaturated/α-hetero) is 1. The summed E-state index contributed by atoms with van der Waals surface area (Å²) in [5.74, 6) is -3.30. The number of likely N-dealkylation sites (tertiary alicyclic amines) is 1. The number of carbonyl (C=O) groups excluding carboxylic acids is 6. The summed E-state index contributed by atoms with van der Waals surface area (Å²) in [6.07, 6.45) is 2.42. The maximum atomic E-state index is 14.1. The van der Waals surface area contributed by atoms with Crippen molar-refractivity contribution in [1.82, 2.24) is 25.8 Å². The second-order valence-electron chi connectivity index (χ2n) is 13.7. The van der Waals surface area contributed by atoms with E-state index in [4.69, 9.17) is 5.73 Å². The Kier molecular flexibility index (Phi) is 10.8. The number of urea groups is 1. The van der Waals surface area contributed by atoms with Gasteiger partial charge in [-0.1, -0.05) is 0 Å². The van der Waals surface area contributed by atoms with Gasteiger partial charge in [0.05, 0.1) is 0 Å². The van der Waals surface area contributed by atoms with Crippen LogP contribution in [0.2, 0.25) is 0 Å². The Balaban J connectivity index is 2.31. The van der Waals surface area contributed by atoms with E-state index in [1.54, 1.807) is 32.7 Å². The Morgan fingerprint density at radius 2 is 1.46 bits per heavy atom. The van der Waals surface area contributed by atoms with E-state index >= 15 is 0 Å². The fourth-order valence-electron chi connectivity index (χ4n) is 4.90. The number of halogens is 1. The van der Waals surface area contributed by atoms with Crippen molar-refractivity contribution in [1.29, 1.82) is 0 Å². The number of hydrogen-bond donors (Lipinski definition) is 4. The molecule has 0 aromatic carbocycles. The summed E-state index contributed by atoms with van der Waals surface area (Å²) in [6.45, 7) is 10.7. The Hall–Kier alpha value is -2.58. The Bertz CT molecular complexity index is 1120. The number of nitrogens with zero attached hydrogens (tertiary/aromatic N) is 2. The van der Waals surface area contributed by atoms with Crippen LogP contribution in [0.3, 0.4) is 0 Å². The molecule has 0 unspecified atom stereocenters. The Labute approximate surface area is 247 Å². The van der Waals surface area contributed by atoms with Crippen LogP contribution < -0.4 is 21.7 Å². The number of amides is 6. The van der Waals surface area contributed by atoms with Crippen molar-refractivity contribution in [2.45, 2.75) is 88.9 Å². The molecule has 2 aliphatic rings. The predicted molar refractivity (Wildman–Crippen MR) is 168 cm³/mol. The normalized spacial score (nSPS) is 21.3. The molecule has 234 valence electrons. The minimum absolute atomic E-state index is 0.174. The van der Waals surface area contributed by atoms with Gasteiger partial charge >= 0.3 is 235 Å². The molecule has 5 N–H and O–H groups in total. The van der Waals surface area contributed by atoms with Crippen molar-refractivity contribution in [3.63, 3.8) is 0 Å². The van der Waals surface area contributed by atoms with Gasteiger partial charge in [-0.15, -0.1) is 0 Å². The van der Waals surface area contributed by atoms with Crippen LogP contribution in [0.1, 0.15) is 60.8 Å². The monoisotopic (exact) mass is 692 g/mol. The summed E-state index contributed by atoms with van der Waals surface area (Å²) in [4.78, 5) is 84.1. The quantitative estimate of drug-likeness (QED) is 0.149. The topological polar surface area (TPSA) is 171 Å². The molecule has 13 heteroatoms. The second kappa shape index (κ2) is 12.7. The van der Waals surface area contributed by atoms with E-state index in [2.05, 4.69) is 20.5 Å². The van der Waals surface area contributed by atoms with Gasteiger partial charge in [-0.05, 0) is 12.8 Å². The van der Waals surface area contributed by atoms with Gasteiger partial charge in [-0.2, -0.15) is 0 Å². The Morgan fingerprint density at radius 1 is 0.951 bits per heavy atom. The average Bonchev–Trinajstić information content (AvgIpc) is 3.57. The molecule has 0 aromatic heterocycles. The van der Waals surface area contributed by atoms with E-state index < -0.39 is 83.0 Å².